The largest absolute Gasteiger partial charge is 0.494 e. The lowest BCUT2D eigenvalue weighted by molar-refractivity contribution is 0.366. The summed E-state index contributed by atoms with van der Waals surface area (Å²) in [5.41, 5.74) is 1.16. The van der Waals surface area contributed by atoms with E-state index in [1.807, 2.05) is 19.2 Å². The highest BCUT2D eigenvalue weighted by atomic mass is 32.1. The molecule has 0 bridgehead atoms. The van der Waals surface area contributed by atoms with Crippen molar-refractivity contribution in [2.45, 2.75) is 13.8 Å². The number of methoxy groups -OCH3 is 1. The second-order valence-electron chi connectivity index (χ2n) is 2.37. The van der Waals surface area contributed by atoms with Gasteiger partial charge in [0.25, 0.3) is 0 Å². The minimum Gasteiger partial charge on any atom is -0.494 e. The van der Waals surface area contributed by atoms with E-state index >= 15 is 0 Å². The van der Waals surface area contributed by atoms with Crippen LogP contribution in [0, 0.1) is 0 Å². The molecule has 0 spiro atoms. The van der Waals surface area contributed by atoms with Gasteiger partial charge in [0.15, 0.2) is 10.8 Å². The molecule has 0 aliphatic carbocycles. The molecule has 0 aliphatic heterocycles. The minimum atomic E-state index is 0.889. The van der Waals surface area contributed by atoms with Crippen molar-refractivity contribution in [3.63, 3.8) is 0 Å². The summed E-state index contributed by atoms with van der Waals surface area (Å²) in [5, 5.41) is 2.89. The van der Waals surface area contributed by atoms with Crippen LogP contribution in [0.2, 0.25) is 0 Å². The summed E-state index contributed by atoms with van der Waals surface area (Å²) in [7, 11) is 1.67. The molecule has 60 valence electrons. The van der Waals surface area contributed by atoms with E-state index in [0.717, 1.165) is 16.3 Å². The van der Waals surface area contributed by atoms with Crippen LogP contribution in [-0.4, -0.2) is 12.1 Å². The van der Waals surface area contributed by atoms with Gasteiger partial charge in [-0.05, 0) is 19.4 Å². The SMILES string of the molecule is COC(=C(C)C)c1nccs1. The van der Waals surface area contributed by atoms with Crippen LogP contribution in [-0.2, 0) is 4.74 Å². The van der Waals surface area contributed by atoms with Crippen molar-refractivity contribution < 1.29 is 4.74 Å². The highest BCUT2D eigenvalue weighted by Crippen LogP contribution is 2.20. The molecule has 0 amide bonds. The topological polar surface area (TPSA) is 22.1 Å². The second kappa shape index (κ2) is 3.53. The fraction of sp³-hybridized carbons (Fsp3) is 0.375. The number of aromatic nitrogens is 1. The van der Waals surface area contributed by atoms with Crippen molar-refractivity contribution in [2.75, 3.05) is 7.11 Å². The molecule has 0 saturated heterocycles. The van der Waals surface area contributed by atoms with Crippen molar-refractivity contribution in [1.82, 2.24) is 4.98 Å². The van der Waals surface area contributed by atoms with E-state index in [1.165, 1.54) is 0 Å². The van der Waals surface area contributed by atoms with Crippen LogP contribution in [0.4, 0.5) is 0 Å². The number of rotatable bonds is 2. The number of hydrogen-bond acceptors (Lipinski definition) is 3. The predicted octanol–water partition coefficient (Wildman–Crippen LogP) is 2.54. The summed E-state index contributed by atoms with van der Waals surface area (Å²) >= 11 is 1.59. The van der Waals surface area contributed by atoms with E-state index in [-0.39, 0.29) is 0 Å². The van der Waals surface area contributed by atoms with Gasteiger partial charge in [-0.15, -0.1) is 11.3 Å². The number of allylic oxidation sites excluding steroid dienone is 1. The number of ether oxygens (including phenoxy) is 1. The lowest BCUT2D eigenvalue weighted by Crippen LogP contribution is -1.88. The van der Waals surface area contributed by atoms with E-state index < -0.39 is 0 Å². The van der Waals surface area contributed by atoms with E-state index in [9.17, 15) is 0 Å². The molecule has 0 atom stereocenters. The van der Waals surface area contributed by atoms with Gasteiger partial charge in [0.2, 0.25) is 0 Å². The third kappa shape index (κ3) is 1.80. The summed E-state index contributed by atoms with van der Waals surface area (Å²) in [6.07, 6.45) is 1.78. The van der Waals surface area contributed by atoms with Gasteiger partial charge in [-0.3, -0.25) is 0 Å². The highest BCUT2D eigenvalue weighted by molar-refractivity contribution is 7.10. The lowest BCUT2D eigenvalue weighted by atomic mass is 10.3. The first kappa shape index (κ1) is 8.27. The molecule has 11 heavy (non-hydrogen) atoms. The maximum Gasteiger partial charge on any atom is 0.158 e. The first-order chi connectivity index (χ1) is 5.25. The molecule has 0 radical (unpaired) electrons. The first-order valence-electron chi connectivity index (χ1n) is 3.37. The summed E-state index contributed by atoms with van der Waals surface area (Å²) in [4.78, 5) is 4.14. The summed E-state index contributed by atoms with van der Waals surface area (Å²) < 4.78 is 5.18. The molecule has 0 unspecified atom stereocenters. The van der Waals surface area contributed by atoms with Gasteiger partial charge in [-0.1, -0.05) is 0 Å². The Morgan fingerprint density at radius 3 is 2.64 bits per heavy atom. The quantitative estimate of drug-likeness (QED) is 0.635. The number of thiazole rings is 1. The zero-order valence-electron chi connectivity index (χ0n) is 6.92. The van der Waals surface area contributed by atoms with Crippen LogP contribution in [0.3, 0.4) is 0 Å². The second-order valence-corrected chi connectivity index (χ2v) is 3.27. The Morgan fingerprint density at radius 1 is 1.55 bits per heavy atom. The van der Waals surface area contributed by atoms with E-state index in [1.54, 1.807) is 24.6 Å². The third-order valence-electron chi connectivity index (χ3n) is 1.28. The summed E-state index contributed by atoms with van der Waals surface area (Å²) in [6, 6.07) is 0. The zero-order chi connectivity index (χ0) is 8.27. The molecule has 3 heteroatoms. The highest BCUT2D eigenvalue weighted by Gasteiger charge is 2.04. The average molecular weight is 169 g/mol. The maximum atomic E-state index is 5.18. The molecule has 2 nitrogen and oxygen atoms in total. The molecule has 0 saturated carbocycles. The van der Waals surface area contributed by atoms with Crippen LogP contribution >= 0.6 is 11.3 Å². The molecular formula is C8H11NOS. The molecule has 1 rings (SSSR count). The standard InChI is InChI=1S/C8H11NOS/c1-6(2)7(10-3)8-9-4-5-11-8/h4-5H,1-3H3. The van der Waals surface area contributed by atoms with Crippen molar-refractivity contribution in [3.8, 4) is 0 Å². The Balaban J connectivity index is 2.99. The van der Waals surface area contributed by atoms with Crippen LogP contribution in [0.15, 0.2) is 17.2 Å². The Kier molecular flexibility index (Phi) is 2.65. The fourth-order valence-electron chi connectivity index (χ4n) is 0.841. The van der Waals surface area contributed by atoms with E-state index in [4.69, 9.17) is 4.74 Å². The maximum absolute atomic E-state index is 5.18. The van der Waals surface area contributed by atoms with Crippen molar-refractivity contribution in [3.05, 3.63) is 22.2 Å². The van der Waals surface area contributed by atoms with Gasteiger partial charge < -0.3 is 4.74 Å². The van der Waals surface area contributed by atoms with Crippen LogP contribution in [0.25, 0.3) is 5.76 Å². The van der Waals surface area contributed by atoms with Gasteiger partial charge in [0.1, 0.15) is 0 Å². The van der Waals surface area contributed by atoms with E-state index in [0.29, 0.717) is 0 Å². The number of nitrogens with zero attached hydrogens (tertiary/aromatic N) is 1. The van der Waals surface area contributed by atoms with Gasteiger partial charge in [-0.2, -0.15) is 0 Å². The Bertz CT molecular complexity index is 247. The Morgan fingerprint density at radius 2 is 2.27 bits per heavy atom. The minimum absolute atomic E-state index is 0.889. The van der Waals surface area contributed by atoms with Gasteiger partial charge in [-0.25, -0.2) is 4.98 Å². The summed E-state index contributed by atoms with van der Waals surface area (Å²) in [5.74, 6) is 0.889. The lowest BCUT2D eigenvalue weighted by Gasteiger charge is -2.03. The molecule has 0 N–H and O–H groups in total. The molecular weight excluding hydrogens is 158 g/mol. The van der Waals surface area contributed by atoms with Gasteiger partial charge >= 0.3 is 0 Å². The first-order valence-corrected chi connectivity index (χ1v) is 4.25. The monoisotopic (exact) mass is 169 g/mol. The molecule has 1 aromatic rings. The van der Waals surface area contributed by atoms with Crippen LogP contribution in [0.1, 0.15) is 18.9 Å². The van der Waals surface area contributed by atoms with Crippen molar-refractivity contribution in [1.29, 1.82) is 0 Å². The smallest absolute Gasteiger partial charge is 0.158 e. The average Bonchev–Trinajstić information content (AvgIpc) is 2.40. The van der Waals surface area contributed by atoms with Crippen molar-refractivity contribution >= 4 is 17.1 Å². The summed E-state index contributed by atoms with van der Waals surface area (Å²) in [6.45, 7) is 4.03. The van der Waals surface area contributed by atoms with Crippen molar-refractivity contribution in [2.24, 2.45) is 0 Å². The van der Waals surface area contributed by atoms with Gasteiger partial charge in [0, 0.05) is 11.6 Å². The molecule has 1 aromatic heterocycles. The zero-order valence-corrected chi connectivity index (χ0v) is 7.73. The number of hydrogen-bond donors (Lipinski definition) is 0. The molecule has 0 aliphatic rings. The molecule has 0 fully saturated rings. The van der Waals surface area contributed by atoms with Crippen LogP contribution < -0.4 is 0 Å². The van der Waals surface area contributed by atoms with Gasteiger partial charge in [0.05, 0.1) is 7.11 Å². The Labute approximate surface area is 70.5 Å². The van der Waals surface area contributed by atoms with E-state index in [2.05, 4.69) is 4.98 Å². The Hall–Kier alpha value is -0.830. The predicted molar refractivity (Wildman–Crippen MR) is 47.4 cm³/mol. The molecule has 0 aromatic carbocycles. The molecule has 1 heterocycles. The normalized spacial score (nSPS) is 9.36. The van der Waals surface area contributed by atoms with Crippen LogP contribution in [0.5, 0.6) is 0 Å². The third-order valence-corrected chi connectivity index (χ3v) is 2.06. The fourth-order valence-corrected chi connectivity index (χ4v) is 1.61.